The van der Waals surface area contributed by atoms with Gasteiger partial charge in [-0.05, 0) is 24.1 Å². The Balaban J connectivity index is 1.65. The summed E-state index contributed by atoms with van der Waals surface area (Å²) in [7, 11) is 0. The molecule has 7 nitrogen and oxygen atoms in total. The monoisotopic (exact) mass is 394 g/mol. The minimum Gasteiger partial charge on any atom is -0.390 e. The van der Waals surface area contributed by atoms with E-state index in [1.165, 1.54) is 17.2 Å². The van der Waals surface area contributed by atoms with E-state index < -0.39 is 30.3 Å². The zero-order valence-corrected chi connectivity index (χ0v) is 15.0. The Kier molecular flexibility index (Phi) is 4.58. The van der Waals surface area contributed by atoms with Gasteiger partial charge in [-0.25, -0.2) is 14.6 Å². The van der Waals surface area contributed by atoms with Crippen LogP contribution in [-0.2, 0) is 0 Å². The predicted octanol–water partition coefficient (Wildman–Crippen LogP) is 2.15. The smallest absolute Gasteiger partial charge is 0.163 e. The van der Waals surface area contributed by atoms with Crippen molar-refractivity contribution in [3.63, 3.8) is 0 Å². The molecule has 136 valence electrons. The number of aromatic nitrogens is 4. The molecule has 1 aromatic carbocycles. The summed E-state index contributed by atoms with van der Waals surface area (Å²) in [4.78, 5) is 8.09. The van der Waals surface area contributed by atoms with Crippen molar-refractivity contribution < 1.29 is 15.3 Å². The normalized spacial score (nSPS) is 27.1. The topological polar surface area (TPSA) is 104 Å². The second-order valence-corrected chi connectivity index (χ2v) is 7.23. The Morgan fingerprint density at radius 1 is 1.08 bits per heavy atom. The number of hydrogen-bond acceptors (Lipinski definition) is 6. The highest BCUT2D eigenvalue weighted by molar-refractivity contribution is 6.33. The van der Waals surface area contributed by atoms with Gasteiger partial charge < -0.3 is 15.3 Å². The highest BCUT2D eigenvalue weighted by Gasteiger charge is 2.46. The van der Waals surface area contributed by atoms with Gasteiger partial charge in [-0.15, -0.1) is 0 Å². The molecule has 4 rings (SSSR count). The van der Waals surface area contributed by atoms with Crippen molar-refractivity contribution >= 4 is 34.2 Å². The van der Waals surface area contributed by atoms with Crippen LogP contribution in [0, 0.1) is 5.92 Å². The van der Waals surface area contributed by atoms with Crippen molar-refractivity contribution in [2.75, 3.05) is 0 Å². The number of aliphatic hydroxyl groups is 3. The summed E-state index contributed by atoms with van der Waals surface area (Å²) in [6.45, 7) is 0. The lowest BCUT2D eigenvalue weighted by atomic mass is 9.92. The molecule has 1 aliphatic carbocycles. The average Bonchev–Trinajstić information content (AvgIpc) is 3.18. The maximum atomic E-state index is 10.7. The van der Waals surface area contributed by atoms with Gasteiger partial charge in [-0.1, -0.05) is 35.3 Å². The van der Waals surface area contributed by atoms with Crippen molar-refractivity contribution in [3.8, 4) is 0 Å². The summed E-state index contributed by atoms with van der Waals surface area (Å²) in [5, 5.41) is 37.4. The zero-order chi connectivity index (χ0) is 18.4. The van der Waals surface area contributed by atoms with E-state index >= 15 is 0 Å². The van der Waals surface area contributed by atoms with E-state index in [2.05, 4.69) is 15.1 Å². The number of halogens is 2. The summed E-state index contributed by atoms with van der Waals surface area (Å²) in [5.74, 6) is -0.562. The number of aliphatic hydroxyl groups excluding tert-OH is 3. The number of fused-ring (bicyclic) bond motifs is 1. The summed E-state index contributed by atoms with van der Waals surface area (Å²) in [6.07, 6.45) is 0.0215. The first-order chi connectivity index (χ1) is 12.5. The van der Waals surface area contributed by atoms with Crippen LogP contribution in [0.25, 0.3) is 11.0 Å². The minimum atomic E-state index is -1.11. The third-order valence-corrected chi connectivity index (χ3v) is 5.52. The van der Waals surface area contributed by atoms with Crippen molar-refractivity contribution in [1.29, 1.82) is 0 Å². The molecule has 3 aromatic rings. The Morgan fingerprint density at radius 3 is 2.54 bits per heavy atom. The van der Waals surface area contributed by atoms with E-state index in [0.717, 1.165) is 0 Å². The number of nitrogens with zero attached hydrogens (tertiary/aromatic N) is 4. The van der Waals surface area contributed by atoms with Gasteiger partial charge in [0.25, 0.3) is 0 Å². The quantitative estimate of drug-likeness (QED) is 0.587. The molecule has 0 aliphatic heterocycles. The van der Waals surface area contributed by atoms with Crippen LogP contribution in [0.3, 0.4) is 0 Å². The molecule has 3 N–H and O–H groups in total. The first kappa shape index (κ1) is 17.6. The third kappa shape index (κ3) is 2.86. The van der Waals surface area contributed by atoms with Crippen LogP contribution < -0.4 is 0 Å². The van der Waals surface area contributed by atoms with Gasteiger partial charge in [0.2, 0.25) is 0 Å². The standard InChI is InChI=1S/C17H16Cl2N4O3/c18-9-3-1-8(2-4-9)13(24)10-5-12(15(26)14(10)25)23-17-11(6-22-23)16(19)20-7-21-17/h1-4,6-7,10,12-15,24-26H,5H2/t10-,12-,13?,14-,15+/m1/s1. The number of benzene rings is 1. The molecule has 1 unspecified atom stereocenters. The summed E-state index contributed by atoms with van der Waals surface area (Å²) >= 11 is 11.9. The largest absolute Gasteiger partial charge is 0.390 e. The van der Waals surface area contributed by atoms with E-state index in [1.807, 2.05) is 0 Å². The van der Waals surface area contributed by atoms with Gasteiger partial charge in [0.1, 0.15) is 17.6 Å². The lowest BCUT2D eigenvalue weighted by Gasteiger charge is -2.22. The van der Waals surface area contributed by atoms with Gasteiger partial charge in [0.15, 0.2) is 5.65 Å². The van der Waals surface area contributed by atoms with Crippen LogP contribution in [0.2, 0.25) is 10.2 Å². The first-order valence-corrected chi connectivity index (χ1v) is 8.86. The maximum Gasteiger partial charge on any atom is 0.163 e. The molecule has 26 heavy (non-hydrogen) atoms. The fraction of sp³-hybridized carbons (Fsp3) is 0.353. The maximum absolute atomic E-state index is 10.7. The molecular weight excluding hydrogens is 379 g/mol. The van der Waals surface area contributed by atoms with Crippen molar-refractivity contribution in [2.24, 2.45) is 5.92 Å². The Labute approximate surface area is 158 Å². The Hall–Kier alpha value is -1.77. The number of hydrogen-bond donors (Lipinski definition) is 3. The molecular formula is C17H16Cl2N4O3. The molecule has 1 fully saturated rings. The molecule has 2 heterocycles. The van der Waals surface area contributed by atoms with Crippen molar-refractivity contribution in [1.82, 2.24) is 19.7 Å². The second kappa shape index (κ2) is 6.75. The summed E-state index contributed by atoms with van der Waals surface area (Å²) in [5.41, 5.74) is 1.10. The highest BCUT2D eigenvalue weighted by Crippen LogP contribution is 2.42. The molecule has 0 amide bonds. The van der Waals surface area contributed by atoms with Crippen LogP contribution in [0.15, 0.2) is 36.8 Å². The predicted molar refractivity (Wildman–Crippen MR) is 95.9 cm³/mol. The van der Waals surface area contributed by atoms with Gasteiger partial charge >= 0.3 is 0 Å². The molecule has 1 aliphatic rings. The van der Waals surface area contributed by atoms with Crippen LogP contribution in [-0.4, -0.2) is 47.3 Å². The Bertz CT molecular complexity index is 933. The molecule has 5 atom stereocenters. The van der Waals surface area contributed by atoms with Gasteiger partial charge in [0.05, 0.1) is 29.8 Å². The van der Waals surface area contributed by atoms with Gasteiger partial charge in [0, 0.05) is 10.9 Å². The SMILES string of the molecule is OC(c1ccc(Cl)cc1)[C@H]1C[C@@H](n2ncc3c(Cl)ncnc32)[C@H](O)[C@@H]1O. The van der Waals surface area contributed by atoms with Crippen molar-refractivity contribution in [2.45, 2.75) is 30.8 Å². The lowest BCUT2D eigenvalue weighted by Crippen LogP contribution is -2.31. The van der Waals surface area contributed by atoms with Gasteiger partial charge in [-0.2, -0.15) is 5.10 Å². The van der Waals surface area contributed by atoms with E-state index in [0.29, 0.717) is 28.0 Å². The first-order valence-electron chi connectivity index (χ1n) is 8.10. The van der Waals surface area contributed by atoms with E-state index in [4.69, 9.17) is 23.2 Å². The van der Waals surface area contributed by atoms with E-state index in [1.54, 1.807) is 24.3 Å². The second-order valence-electron chi connectivity index (χ2n) is 6.44. The molecule has 0 spiro atoms. The lowest BCUT2D eigenvalue weighted by molar-refractivity contribution is -0.0271. The fourth-order valence-electron chi connectivity index (χ4n) is 3.58. The third-order valence-electron chi connectivity index (χ3n) is 4.97. The summed E-state index contributed by atoms with van der Waals surface area (Å²) < 4.78 is 1.53. The van der Waals surface area contributed by atoms with E-state index in [-0.39, 0.29) is 5.15 Å². The highest BCUT2D eigenvalue weighted by atomic mass is 35.5. The molecule has 0 bridgehead atoms. The van der Waals surface area contributed by atoms with Gasteiger partial charge in [-0.3, -0.25) is 0 Å². The Morgan fingerprint density at radius 2 is 1.81 bits per heavy atom. The average molecular weight is 395 g/mol. The minimum absolute atomic E-state index is 0.270. The molecule has 0 saturated heterocycles. The molecule has 2 aromatic heterocycles. The van der Waals surface area contributed by atoms with Crippen LogP contribution in [0.5, 0.6) is 0 Å². The van der Waals surface area contributed by atoms with Crippen LogP contribution in [0.1, 0.15) is 24.1 Å². The zero-order valence-electron chi connectivity index (χ0n) is 13.4. The van der Waals surface area contributed by atoms with Crippen molar-refractivity contribution in [3.05, 3.63) is 52.5 Å². The molecule has 9 heteroatoms. The van der Waals surface area contributed by atoms with E-state index in [9.17, 15) is 15.3 Å². The fourth-order valence-corrected chi connectivity index (χ4v) is 3.89. The summed E-state index contributed by atoms with van der Waals surface area (Å²) in [6, 6.07) is 6.22. The molecule has 0 radical (unpaired) electrons. The molecule has 1 saturated carbocycles. The van der Waals surface area contributed by atoms with Crippen LogP contribution in [0.4, 0.5) is 0 Å². The number of rotatable bonds is 3. The van der Waals surface area contributed by atoms with Crippen LogP contribution >= 0.6 is 23.2 Å².